The van der Waals surface area contributed by atoms with E-state index in [9.17, 15) is 14.7 Å². The number of benzene rings is 1. The summed E-state index contributed by atoms with van der Waals surface area (Å²) in [6.07, 6.45) is 0.120. The molecular weight excluding hydrogens is 312 g/mol. The minimum Gasteiger partial charge on any atom is -0.493 e. The van der Waals surface area contributed by atoms with Crippen LogP contribution in [0.4, 0.5) is 0 Å². The standard InChI is InChI=1S/C18H24O6/c1-5-24-17(20)16-13(9-12(19)10-18(16,2)21)11-6-7-14(22-3)15(8-11)23-4/h6-8,13,16,21H,5,9-10H2,1-4H3/t13-,16+,18+/m1/s1. The Kier molecular flexibility index (Phi) is 5.49. The second-order valence-electron chi connectivity index (χ2n) is 6.23. The number of aliphatic hydroxyl groups is 1. The number of Topliss-reactive ketones (excluding diaryl/α,β-unsaturated/α-hetero) is 1. The lowest BCUT2D eigenvalue weighted by Crippen LogP contribution is -2.49. The Bertz CT molecular complexity index is 622. The highest BCUT2D eigenvalue weighted by Crippen LogP contribution is 2.44. The van der Waals surface area contributed by atoms with Crippen molar-refractivity contribution in [1.82, 2.24) is 0 Å². The number of hydrogen-bond donors (Lipinski definition) is 1. The molecule has 0 amide bonds. The molecule has 0 bridgehead atoms. The molecule has 3 atom stereocenters. The fourth-order valence-corrected chi connectivity index (χ4v) is 3.42. The second-order valence-corrected chi connectivity index (χ2v) is 6.23. The van der Waals surface area contributed by atoms with E-state index < -0.39 is 23.4 Å². The van der Waals surface area contributed by atoms with Crippen LogP contribution in [0.25, 0.3) is 0 Å². The molecule has 0 unspecified atom stereocenters. The third kappa shape index (κ3) is 3.53. The van der Waals surface area contributed by atoms with E-state index in [-0.39, 0.29) is 25.2 Å². The van der Waals surface area contributed by atoms with Crippen molar-refractivity contribution in [3.63, 3.8) is 0 Å². The van der Waals surface area contributed by atoms with Gasteiger partial charge in [0.2, 0.25) is 0 Å². The van der Waals surface area contributed by atoms with Crippen molar-refractivity contribution in [3.05, 3.63) is 23.8 Å². The number of rotatable bonds is 5. The lowest BCUT2D eigenvalue weighted by atomic mass is 9.67. The highest BCUT2D eigenvalue weighted by atomic mass is 16.5. The summed E-state index contributed by atoms with van der Waals surface area (Å²) in [5, 5.41) is 10.7. The fourth-order valence-electron chi connectivity index (χ4n) is 3.42. The van der Waals surface area contributed by atoms with Crippen LogP contribution in [-0.2, 0) is 14.3 Å². The maximum atomic E-state index is 12.4. The first-order valence-corrected chi connectivity index (χ1v) is 7.96. The van der Waals surface area contributed by atoms with Crippen molar-refractivity contribution in [3.8, 4) is 11.5 Å². The van der Waals surface area contributed by atoms with E-state index in [4.69, 9.17) is 14.2 Å². The van der Waals surface area contributed by atoms with Gasteiger partial charge in [0.1, 0.15) is 5.78 Å². The van der Waals surface area contributed by atoms with Crippen molar-refractivity contribution in [2.45, 2.75) is 38.2 Å². The Hall–Kier alpha value is -2.08. The first-order chi connectivity index (χ1) is 11.3. The molecule has 6 nitrogen and oxygen atoms in total. The molecule has 0 saturated heterocycles. The molecule has 1 aliphatic carbocycles. The minimum atomic E-state index is -1.45. The SMILES string of the molecule is CCOC(=O)[C@@H]1[C@@H](c2ccc(OC)c(OC)c2)CC(=O)C[C@]1(C)O. The first kappa shape index (κ1) is 18.3. The summed E-state index contributed by atoms with van der Waals surface area (Å²) in [5.74, 6) is -0.790. The van der Waals surface area contributed by atoms with Gasteiger partial charge >= 0.3 is 5.97 Å². The lowest BCUT2D eigenvalue weighted by Gasteiger charge is -2.40. The number of esters is 1. The Morgan fingerprint density at radius 1 is 1.29 bits per heavy atom. The molecule has 1 aromatic rings. The van der Waals surface area contributed by atoms with Gasteiger partial charge in [0.15, 0.2) is 11.5 Å². The van der Waals surface area contributed by atoms with Gasteiger partial charge < -0.3 is 19.3 Å². The molecule has 0 aromatic heterocycles. The van der Waals surface area contributed by atoms with Crippen LogP contribution >= 0.6 is 0 Å². The van der Waals surface area contributed by atoms with E-state index in [0.29, 0.717) is 11.5 Å². The predicted molar refractivity (Wildman–Crippen MR) is 87.3 cm³/mol. The van der Waals surface area contributed by atoms with Crippen LogP contribution in [0.3, 0.4) is 0 Å². The van der Waals surface area contributed by atoms with Gasteiger partial charge in [-0.05, 0) is 31.5 Å². The van der Waals surface area contributed by atoms with Gasteiger partial charge in [-0.3, -0.25) is 9.59 Å². The van der Waals surface area contributed by atoms with Crippen LogP contribution in [0.15, 0.2) is 18.2 Å². The first-order valence-electron chi connectivity index (χ1n) is 7.96. The number of carbonyl (C=O) groups excluding carboxylic acids is 2. The molecule has 1 N–H and O–H groups in total. The Balaban J connectivity index is 2.46. The Labute approximate surface area is 141 Å². The van der Waals surface area contributed by atoms with E-state index in [2.05, 4.69) is 0 Å². The highest BCUT2D eigenvalue weighted by Gasteiger charge is 2.49. The summed E-state index contributed by atoms with van der Waals surface area (Å²) in [7, 11) is 3.06. The monoisotopic (exact) mass is 336 g/mol. The number of ether oxygens (including phenoxy) is 3. The van der Waals surface area contributed by atoms with Crippen molar-refractivity contribution in [2.75, 3.05) is 20.8 Å². The molecule has 1 aromatic carbocycles. The van der Waals surface area contributed by atoms with Gasteiger partial charge in [0, 0.05) is 18.8 Å². The van der Waals surface area contributed by atoms with Crippen molar-refractivity contribution in [2.24, 2.45) is 5.92 Å². The topological polar surface area (TPSA) is 82.1 Å². The second kappa shape index (κ2) is 7.21. The molecule has 0 aliphatic heterocycles. The summed E-state index contributed by atoms with van der Waals surface area (Å²) in [4.78, 5) is 24.5. The molecule has 1 fully saturated rings. The van der Waals surface area contributed by atoms with E-state index >= 15 is 0 Å². The molecule has 24 heavy (non-hydrogen) atoms. The largest absolute Gasteiger partial charge is 0.493 e. The molecule has 0 heterocycles. The third-order valence-corrected chi connectivity index (χ3v) is 4.45. The summed E-state index contributed by atoms with van der Waals surface area (Å²) in [6, 6.07) is 5.25. The molecule has 1 saturated carbocycles. The average molecular weight is 336 g/mol. The molecular formula is C18H24O6. The van der Waals surface area contributed by atoms with Gasteiger partial charge in [0.25, 0.3) is 0 Å². The van der Waals surface area contributed by atoms with Gasteiger partial charge in [0.05, 0.1) is 32.3 Å². The summed E-state index contributed by atoms with van der Waals surface area (Å²) in [6.45, 7) is 3.45. The highest BCUT2D eigenvalue weighted by molar-refractivity contribution is 5.86. The molecule has 132 valence electrons. The maximum absolute atomic E-state index is 12.4. The molecule has 6 heteroatoms. The normalized spacial score (nSPS) is 26.8. The van der Waals surface area contributed by atoms with E-state index in [1.165, 1.54) is 21.1 Å². The van der Waals surface area contributed by atoms with Gasteiger partial charge in [-0.15, -0.1) is 0 Å². The number of carbonyl (C=O) groups is 2. The quantitative estimate of drug-likeness (QED) is 0.829. The van der Waals surface area contributed by atoms with E-state index in [1.807, 2.05) is 0 Å². The zero-order chi connectivity index (χ0) is 17.9. The van der Waals surface area contributed by atoms with Gasteiger partial charge in [-0.25, -0.2) is 0 Å². The van der Waals surface area contributed by atoms with Crippen molar-refractivity contribution < 1.29 is 28.9 Å². The molecule has 1 aliphatic rings. The van der Waals surface area contributed by atoms with Crippen LogP contribution < -0.4 is 9.47 Å². The van der Waals surface area contributed by atoms with Crippen LogP contribution in [0.1, 0.15) is 38.2 Å². The lowest BCUT2D eigenvalue weighted by molar-refractivity contribution is -0.164. The molecule has 0 radical (unpaired) electrons. The minimum absolute atomic E-state index is 0.0553. The van der Waals surface area contributed by atoms with Crippen LogP contribution in [0.2, 0.25) is 0 Å². The van der Waals surface area contributed by atoms with Gasteiger partial charge in [-0.2, -0.15) is 0 Å². The van der Waals surface area contributed by atoms with Crippen molar-refractivity contribution >= 4 is 11.8 Å². The molecule has 2 rings (SSSR count). The smallest absolute Gasteiger partial charge is 0.312 e. The summed E-state index contributed by atoms with van der Waals surface area (Å²) in [5.41, 5.74) is -0.710. The zero-order valence-electron chi connectivity index (χ0n) is 14.5. The average Bonchev–Trinajstić information content (AvgIpc) is 2.52. The maximum Gasteiger partial charge on any atom is 0.312 e. The third-order valence-electron chi connectivity index (χ3n) is 4.45. The van der Waals surface area contributed by atoms with Crippen LogP contribution in [-0.4, -0.2) is 43.3 Å². The van der Waals surface area contributed by atoms with Crippen molar-refractivity contribution in [1.29, 1.82) is 0 Å². The fraction of sp³-hybridized carbons (Fsp3) is 0.556. The Morgan fingerprint density at radius 2 is 1.96 bits per heavy atom. The summed E-state index contributed by atoms with van der Waals surface area (Å²) < 4.78 is 15.7. The predicted octanol–water partition coefficient (Wildman–Crippen LogP) is 2.08. The van der Waals surface area contributed by atoms with Crippen LogP contribution in [0, 0.1) is 5.92 Å². The zero-order valence-corrected chi connectivity index (χ0v) is 14.5. The number of methoxy groups -OCH3 is 2. The molecule has 0 spiro atoms. The Morgan fingerprint density at radius 3 is 2.54 bits per heavy atom. The number of ketones is 1. The number of hydrogen-bond acceptors (Lipinski definition) is 6. The van der Waals surface area contributed by atoms with E-state index in [0.717, 1.165) is 5.56 Å². The van der Waals surface area contributed by atoms with Crippen LogP contribution in [0.5, 0.6) is 11.5 Å². The van der Waals surface area contributed by atoms with E-state index in [1.54, 1.807) is 25.1 Å². The summed E-state index contributed by atoms with van der Waals surface area (Å²) >= 11 is 0. The van der Waals surface area contributed by atoms with Gasteiger partial charge in [-0.1, -0.05) is 6.07 Å².